The lowest BCUT2D eigenvalue weighted by atomic mass is 10.3. The largest absolute Gasteiger partial charge is 0.260 e. The maximum atomic E-state index is 11.7. The van der Waals surface area contributed by atoms with Gasteiger partial charge in [-0.1, -0.05) is 6.07 Å². The van der Waals surface area contributed by atoms with E-state index in [1.807, 2.05) is 0 Å². The minimum absolute atomic E-state index is 0.571. The zero-order valence-electron chi connectivity index (χ0n) is 8.51. The predicted molar refractivity (Wildman–Crippen MR) is 55.3 cm³/mol. The van der Waals surface area contributed by atoms with Crippen LogP contribution in [0.25, 0.3) is 0 Å². The maximum absolute atomic E-state index is 11.7. The van der Waals surface area contributed by atoms with Crippen molar-refractivity contribution in [1.82, 2.24) is 9.29 Å². The Balaban J connectivity index is 3.03. The molecule has 0 aromatic carbocycles. The van der Waals surface area contributed by atoms with Crippen molar-refractivity contribution in [2.75, 3.05) is 14.1 Å². The number of hydrogen-bond acceptors (Lipinski definition) is 3. The van der Waals surface area contributed by atoms with Crippen molar-refractivity contribution in [3.05, 3.63) is 30.1 Å². The lowest BCUT2D eigenvalue weighted by molar-refractivity contribution is 0.509. The number of pyridine rings is 1. The summed E-state index contributed by atoms with van der Waals surface area (Å²) >= 11 is 0. The minimum Gasteiger partial charge on any atom is -0.260 e. The number of rotatable bonds is 3. The normalized spacial score (nSPS) is 14.3. The van der Waals surface area contributed by atoms with Gasteiger partial charge >= 0.3 is 0 Å². The van der Waals surface area contributed by atoms with E-state index in [4.69, 9.17) is 0 Å². The summed E-state index contributed by atoms with van der Waals surface area (Å²) in [6.07, 6.45) is 1.59. The molecule has 4 nitrogen and oxygen atoms in total. The van der Waals surface area contributed by atoms with Crippen LogP contribution in [-0.4, -0.2) is 31.8 Å². The molecule has 14 heavy (non-hydrogen) atoms. The Morgan fingerprint density at radius 1 is 1.36 bits per heavy atom. The van der Waals surface area contributed by atoms with Crippen LogP contribution >= 0.6 is 0 Å². The molecule has 0 N–H and O–H groups in total. The Hall–Kier alpha value is -0.940. The first-order valence-electron chi connectivity index (χ1n) is 4.28. The van der Waals surface area contributed by atoms with Crippen LogP contribution in [0, 0.1) is 0 Å². The first kappa shape index (κ1) is 11.1. The molecule has 1 atom stereocenters. The van der Waals surface area contributed by atoms with Gasteiger partial charge in [-0.25, -0.2) is 12.7 Å². The van der Waals surface area contributed by atoms with Gasteiger partial charge in [0.1, 0.15) is 5.25 Å². The molecule has 1 aromatic rings. The Labute approximate surface area is 84.6 Å². The van der Waals surface area contributed by atoms with Gasteiger partial charge in [-0.3, -0.25) is 4.98 Å². The van der Waals surface area contributed by atoms with Crippen LogP contribution in [0.3, 0.4) is 0 Å². The molecule has 0 amide bonds. The van der Waals surface area contributed by atoms with Crippen LogP contribution in [0.4, 0.5) is 0 Å². The van der Waals surface area contributed by atoms with Gasteiger partial charge in [0.05, 0.1) is 5.69 Å². The summed E-state index contributed by atoms with van der Waals surface area (Å²) in [6, 6.07) is 5.26. The van der Waals surface area contributed by atoms with Gasteiger partial charge in [0, 0.05) is 20.3 Å². The molecule has 1 rings (SSSR count). The number of aromatic nitrogens is 1. The SMILES string of the molecule is CC(c1ccccn1)S(=O)(=O)N(C)C. The van der Waals surface area contributed by atoms with E-state index < -0.39 is 15.3 Å². The average Bonchev–Trinajstić information content (AvgIpc) is 2.17. The molecular weight excluding hydrogens is 200 g/mol. The highest BCUT2D eigenvalue weighted by molar-refractivity contribution is 7.89. The quantitative estimate of drug-likeness (QED) is 0.755. The van der Waals surface area contributed by atoms with Crippen molar-refractivity contribution in [3.8, 4) is 0 Å². The van der Waals surface area contributed by atoms with Crippen molar-refractivity contribution < 1.29 is 8.42 Å². The average molecular weight is 214 g/mol. The highest BCUT2D eigenvalue weighted by Gasteiger charge is 2.25. The molecule has 0 radical (unpaired) electrons. The van der Waals surface area contributed by atoms with Crippen LogP contribution in [0.2, 0.25) is 0 Å². The van der Waals surface area contributed by atoms with E-state index in [1.165, 1.54) is 18.4 Å². The molecule has 0 aliphatic carbocycles. The number of hydrogen-bond donors (Lipinski definition) is 0. The van der Waals surface area contributed by atoms with Crippen molar-refractivity contribution in [1.29, 1.82) is 0 Å². The molecule has 0 saturated carbocycles. The highest BCUT2D eigenvalue weighted by atomic mass is 32.2. The monoisotopic (exact) mass is 214 g/mol. The molecule has 1 heterocycles. The number of nitrogens with zero attached hydrogens (tertiary/aromatic N) is 2. The van der Waals surface area contributed by atoms with E-state index in [0.29, 0.717) is 5.69 Å². The van der Waals surface area contributed by atoms with E-state index >= 15 is 0 Å². The van der Waals surface area contributed by atoms with Crippen LogP contribution < -0.4 is 0 Å². The summed E-state index contributed by atoms with van der Waals surface area (Å²) in [4.78, 5) is 4.02. The third kappa shape index (κ3) is 2.10. The van der Waals surface area contributed by atoms with Crippen LogP contribution in [-0.2, 0) is 10.0 Å². The third-order valence-corrected chi connectivity index (χ3v) is 4.21. The van der Waals surface area contributed by atoms with Crippen LogP contribution in [0.1, 0.15) is 17.9 Å². The fourth-order valence-electron chi connectivity index (χ4n) is 1.09. The second-order valence-electron chi connectivity index (χ2n) is 3.22. The second kappa shape index (κ2) is 4.06. The topological polar surface area (TPSA) is 50.3 Å². The second-order valence-corrected chi connectivity index (χ2v) is 5.69. The standard InChI is InChI=1S/C9H14N2O2S/c1-8(14(12,13)11(2)3)9-6-4-5-7-10-9/h4-8H,1-3H3. The van der Waals surface area contributed by atoms with Gasteiger partial charge in [0.2, 0.25) is 10.0 Å². The van der Waals surface area contributed by atoms with Gasteiger partial charge in [-0.15, -0.1) is 0 Å². The van der Waals surface area contributed by atoms with E-state index in [9.17, 15) is 8.42 Å². The van der Waals surface area contributed by atoms with Crippen molar-refractivity contribution in [2.45, 2.75) is 12.2 Å². The Kier molecular flexibility index (Phi) is 3.23. The molecule has 0 fully saturated rings. The van der Waals surface area contributed by atoms with Crippen molar-refractivity contribution >= 4 is 10.0 Å². The fourth-order valence-corrected chi connectivity index (χ4v) is 2.16. The van der Waals surface area contributed by atoms with E-state index in [0.717, 1.165) is 0 Å². The minimum atomic E-state index is -3.26. The van der Waals surface area contributed by atoms with Crippen LogP contribution in [0.15, 0.2) is 24.4 Å². The maximum Gasteiger partial charge on any atom is 0.221 e. The Bertz CT molecular complexity index is 387. The predicted octanol–water partition coefficient (Wildman–Crippen LogP) is 1.03. The van der Waals surface area contributed by atoms with Crippen molar-refractivity contribution in [2.24, 2.45) is 0 Å². The molecule has 0 spiro atoms. The Morgan fingerprint density at radius 2 is 2.00 bits per heavy atom. The van der Waals surface area contributed by atoms with Gasteiger partial charge in [-0.2, -0.15) is 0 Å². The summed E-state index contributed by atoms with van der Waals surface area (Å²) < 4.78 is 24.6. The molecule has 78 valence electrons. The molecule has 5 heteroatoms. The van der Waals surface area contributed by atoms with Crippen molar-refractivity contribution in [3.63, 3.8) is 0 Å². The third-order valence-electron chi connectivity index (χ3n) is 2.06. The summed E-state index contributed by atoms with van der Waals surface area (Å²) in [5.74, 6) is 0. The lowest BCUT2D eigenvalue weighted by Gasteiger charge is -2.17. The van der Waals surface area contributed by atoms with E-state index in [1.54, 1.807) is 31.3 Å². The molecule has 1 unspecified atom stereocenters. The van der Waals surface area contributed by atoms with Gasteiger partial charge < -0.3 is 0 Å². The summed E-state index contributed by atoms with van der Waals surface area (Å²) in [5.41, 5.74) is 0.571. The highest BCUT2D eigenvalue weighted by Crippen LogP contribution is 2.20. The van der Waals surface area contributed by atoms with E-state index in [-0.39, 0.29) is 0 Å². The number of sulfonamides is 1. The van der Waals surface area contributed by atoms with Gasteiger partial charge in [-0.05, 0) is 19.1 Å². The molecule has 0 aliphatic rings. The zero-order valence-corrected chi connectivity index (χ0v) is 9.32. The Morgan fingerprint density at radius 3 is 2.43 bits per heavy atom. The van der Waals surface area contributed by atoms with Gasteiger partial charge in [0.25, 0.3) is 0 Å². The molecular formula is C9H14N2O2S. The smallest absolute Gasteiger partial charge is 0.221 e. The first-order chi connectivity index (χ1) is 6.46. The fraction of sp³-hybridized carbons (Fsp3) is 0.444. The molecule has 0 bridgehead atoms. The van der Waals surface area contributed by atoms with Crippen LogP contribution in [0.5, 0.6) is 0 Å². The zero-order chi connectivity index (χ0) is 10.8. The summed E-state index contributed by atoms with van der Waals surface area (Å²) in [5, 5.41) is -0.598. The molecule has 1 aromatic heterocycles. The first-order valence-corrected chi connectivity index (χ1v) is 5.79. The summed E-state index contributed by atoms with van der Waals surface area (Å²) in [7, 11) is -0.214. The molecule has 0 aliphatic heterocycles. The molecule has 0 saturated heterocycles. The lowest BCUT2D eigenvalue weighted by Crippen LogP contribution is -2.27. The van der Waals surface area contributed by atoms with E-state index in [2.05, 4.69) is 4.98 Å². The van der Waals surface area contributed by atoms with Gasteiger partial charge in [0.15, 0.2) is 0 Å². The summed E-state index contributed by atoms with van der Waals surface area (Å²) in [6.45, 7) is 1.64.